The maximum atomic E-state index is 12.3. The van der Waals surface area contributed by atoms with Crippen LogP contribution in [0, 0.1) is 0 Å². The minimum atomic E-state index is -0.674. The average Bonchev–Trinajstić information content (AvgIpc) is 2.94. The molecule has 4 rings (SSSR count). The Morgan fingerprint density at radius 1 is 0.556 bits per heavy atom. The van der Waals surface area contributed by atoms with E-state index in [1.54, 1.807) is 18.3 Å². The molecular weight excluding hydrogens is 454 g/mol. The Morgan fingerprint density at radius 3 is 1.42 bits per heavy atom. The van der Waals surface area contributed by atoms with Gasteiger partial charge in [0.1, 0.15) is 11.4 Å². The number of pyridine rings is 1. The van der Waals surface area contributed by atoms with Gasteiger partial charge in [-0.25, -0.2) is 9.59 Å². The Kier molecular flexibility index (Phi) is 8.43. The normalized spacial score (nSPS) is 10.8. The number of hydrogen-bond acceptors (Lipinski definition) is 7. The fourth-order valence-electron chi connectivity index (χ4n) is 3.30. The smallest absolute Gasteiger partial charge is 0.318 e. The highest BCUT2D eigenvalue weighted by Crippen LogP contribution is 2.12. The SMILES string of the molecule is O=C(CCC(=O)ON=C(c1ccccc1)c1ccccn1)ON=C(c1ccccc1)c1ccccc1. The molecule has 0 aliphatic rings. The minimum absolute atomic E-state index is 0.209. The van der Waals surface area contributed by atoms with Gasteiger partial charge in [0.25, 0.3) is 0 Å². The fourth-order valence-corrected chi connectivity index (χ4v) is 3.30. The zero-order valence-electron chi connectivity index (χ0n) is 19.4. The summed E-state index contributed by atoms with van der Waals surface area (Å²) in [7, 11) is 0. The van der Waals surface area contributed by atoms with Crippen LogP contribution in [0.4, 0.5) is 0 Å². The van der Waals surface area contributed by atoms with Gasteiger partial charge in [-0.2, -0.15) is 0 Å². The molecule has 0 atom stereocenters. The summed E-state index contributed by atoms with van der Waals surface area (Å²) in [5.41, 5.74) is 3.82. The van der Waals surface area contributed by atoms with Crippen LogP contribution in [0.15, 0.2) is 126 Å². The van der Waals surface area contributed by atoms with Gasteiger partial charge < -0.3 is 9.68 Å². The van der Waals surface area contributed by atoms with Gasteiger partial charge in [0.05, 0.1) is 18.5 Å². The van der Waals surface area contributed by atoms with E-state index < -0.39 is 11.9 Å². The number of carbonyl (C=O) groups is 2. The molecular formula is C29H23N3O4. The predicted molar refractivity (Wildman–Crippen MR) is 136 cm³/mol. The molecule has 0 aliphatic heterocycles. The second-order valence-corrected chi connectivity index (χ2v) is 7.62. The molecule has 178 valence electrons. The van der Waals surface area contributed by atoms with Crippen molar-refractivity contribution in [2.75, 3.05) is 0 Å². The summed E-state index contributed by atoms with van der Waals surface area (Å²) in [5, 5.41) is 8.10. The Labute approximate surface area is 208 Å². The molecule has 1 aromatic heterocycles. The standard InChI is InChI=1S/C29H23N3O4/c33-26(35-31-28(22-12-4-1-5-13-22)23-14-6-2-7-15-23)19-20-27(34)36-32-29(24-16-8-3-9-17-24)25-18-10-11-21-30-25/h1-18,21H,19-20H2. The van der Waals surface area contributed by atoms with Gasteiger partial charge in [-0.05, 0) is 12.1 Å². The van der Waals surface area contributed by atoms with E-state index >= 15 is 0 Å². The van der Waals surface area contributed by atoms with Crippen LogP contribution in [0.2, 0.25) is 0 Å². The maximum absolute atomic E-state index is 12.3. The van der Waals surface area contributed by atoms with Gasteiger partial charge in [0.15, 0.2) is 0 Å². The predicted octanol–water partition coefficient (Wildman–Crippen LogP) is 5.15. The van der Waals surface area contributed by atoms with Gasteiger partial charge in [-0.15, -0.1) is 0 Å². The molecule has 0 spiro atoms. The number of aromatic nitrogens is 1. The molecule has 7 nitrogen and oxygen atoms in total. The highest BCUT2D eigenvalue weighted by Gasteiger charge is 2.14. The molecule has 3 aromatic carbocycles. The summed E-state index contributed by atoms with van der Waals surface area (Å²) < 4.78 is 0. The molecule has 0 saturated heterocycles. The van der Waals surface area contributed by atoms with Crippen molar-refractivity contribution >= 4 is 23.4 Å². The summed E-state index contributed by atoms with van der Waals surface area (Å²) in [6.07, 6.45) is 1.21. The Hall–Kier alpha value is -4.91. The van der Waals surface area contributed by atoms with E-state index in [4.69, 9.17) is 9.68 Å². The molecule has 0 aliphatic carbocycles. The van der Waals surface area contributed by atoms with E-state index in [-0.39, 0.29) is 12.8 Å². The van der Waals surface area contributed by atoms with Crippen LogP contribution in [-0.4, -0.2) is 28.3 Å². The monoisotopic (exact) mass is 477 g/mol. The van der Waals surface area contributed by atoms with Crippen LogP contribution in [0.1, 0.15) is 35.2 Å². The van der Waals surface area contributed by atoms with Crippen molar-refractivity contribution in [3.05, 3.63) is 138 Å². The molecule has 0 N–H and O–H groups in total. The van der Waals surface area contributed by atoms with Gasteiger partial charge in [-0.3, -0.25) is 4.98 Å². The molecule has 0 fully saturated rings. The highest BCUT2D eigenvalue weighted by molar-refractivity contribution is 6.13. The van der Waals surface area contributed by atoms with Crippen molar-refractivity contribution in [2.45, 2.75) is 12.8 Å². The molecule has 0 amide bonds. The second kappa shape index (κ2) is 12.5. The summed E-state index contributed by atoms with van der Waals surface area (Å²) >= 11 is 0. The van der Waals surface area contributed by atoms with Crippen LogP contribution >= 0.6 is 0 Å². The minimum Gasteiger partial charge on any atom is -0.318 e. The van der Waals surface area contributed by atoms with Gasteiger partial charge >= 0.3 is 11.9 Å². The number of hydrogen-bond donors (Lipinski definition) is 0. The number of nitrogens with zero attached hydrogens (tertiary/aromatic N) is 3. The highest BCUT2D eigenvalue weighted by atomic mass is 16.7. The van der Waals surface area contributed by atoms with Gasteiger partial charge in [0.2, 0.25) is 0 Å². The molecule has 36 heavy (non-hydrogen) atoms. The Bertz CT molecular complexity index is 1150. The first-order chi connectivity index (χ1) is 17.7. The molecule has 0 unspecified atom stereocenters. The largest absolute Gasteiger partial charge is 0.335 e. The summed E-state index contributed by atoms with van der Waals surface area (Å²) in [4.78, 5) is 39.1. The number of benzene rings is 3. The molecule has 1 heterocycles. The molecule has 0 bridgehead atoms. The van der Waals surface area contributed by atoms with Crippen molar-refractivity contribution in [1.29, 1.82) is 0 Å². The van der Waals surface area contributed by atoms with E-state index in [1.807, 2.05) is 97.1 Å². The topological polar surface area (TPSA) is 90.2 Å². The van der Waals surface area contributed by atoms with Gasteiger partial charge in [-0.1, -0.05) is 107 Å². The first-order valence-electron chi connectivity index (χ1n) is 11.3. The van der Waals surface area contributed by atoms with Crippen LogP contribution in [0.3, 0.4) is 0 Å². The van der Waals surface area contributed by atoms with Crippen LogP contribution in [0.5, 0.6) is 0 Å². The van der Waals surface area contributed by atoms with Gasteiger partial charge in [0, 0.05) is 22.9 Å². The third-order valence-corrected chi connectivity index (χ3v) is 5.06. The van der Waals surface area contributed by atoms with Crippen molar-refractivity contribution in [2.24, 2.45) is 10.3 Å². The van der Waals surface area contributed by atoms with Crippen LogP contribution in [0.25, 0.3) is 0 Å². The lowest BCUT2D eigenvalue weighted by Gasteiger charge is -2.07. The number of rotatable bonds is 9. The maximum Gasteiger partial charge on any atom is 0.335 e. The summed E-state index contributed by atoms with van der Waals surface area (Å²) in [6, 6.07) is 33.4. The third kappa shape index (κ3) is 6.80. The molecule has 4 aromatic rings. The lowest BCUT2D eigenvalue weighted by atomic mass is 10.0. The molecule has 0 radical (unpaired) electrons. The van der Waals surface area contributed by atoms with E-state index in [9.17, 15) is 9.59 Å². The van der Waals surface area contributed by atoms with Crippen molar-refractivity contribution < 1.29 is 19.3 Å². The van der Waals surface area contributed by atoms with E-state index in [1.165, 1.54) is 0 Å². The van der Waals surface area contributed by atoms with E-state index in [2.05, 4.69) is 15.3 Å². The quantitative estimate of drug-likeness (QED) is 0.189. The summed E-state index contributed by atoms with van der Waals surface area (Å²) in [5.74, 6) is -1.33. The Balaban J connectivity index is 1.39. The van der Waals surface area contributed by atoms with E-state index in [0.29, 0.717) is 17.1 Å². The van der Waals surface area contributed by atoms with E-state index in [0.717, 1.165) is 16.7 Å². The molecule has 0 saturated carbocycles. The molecule has 7 heteroatoms. The Morgan fingerprint density at radius 2 is 0.972 bits per heavy atom. The van der Waals surface area contributed by atoms with Crippen LogP contribution in [-0.2, 0) is 19.3 Å². The number of carbonyl (C=O) groups excluding carboxylic acids is 2. The lowest BCUT2D eigenvalue weighted by molar-refractivity contribution is -0.150. The third-order valence-electron chi connectivity index (χ3n) is 5.06. The zero-order chi connectivity index (χ0) is 25.0. The first kappa shape index (κ1) is 24.2. The first-order valence-corrected chi connectivity index (χ1v) is 11.3. The van der Waals surface area contributed by atoms with Crippen molar-refractivity contribution in [3.63, 3.8) is 0 Å². The van der Waals surface area contributed by atoms with Crippen molar-refractivity contribution in [1.82, 2.24) is 4.98 Å². The number of oxime groups is 2. The fraction of sp³-hybridized carbons (Fsp3) is 0.0690. The lowest BCUT2D eigenvalue weighted by Crippen LogP contribution is -2.11. The van der Waals surface area contributed by atoms with Crippen LogP contribution < -0.4 is 0 Å². The average molecular weight is 478 g/mol. The zero-order valence-corrected chi connectivity index (χ0v) is 19.4. The van der Waals surface area contributed by atoms with Crippen molar-refractivity contribution in [3.8, 4) is 0 Å². The summed E-state index contributed by atoms with van der Waals surface area (Å²) in [6.45, 7) is 0. The second-order valence-electron chi connectivity index (χ2n) is 7.62.